The second-order valence-corrected chi connectivity index (χ2v) is 6.31. The first-order valence-corrected chi connectivity index (χ1v) is 8.37. The minimum absolute atomic E-state index is 0.0588. The van der Waals surface area contributed by atoms with Gasteiger partial charge < -0.3 is 19.9 Å². The number of H-pyrrole nitrogens is 1. The first-order chi connectivity index (χ1) is 12.5. The molecule has 7 heteroatoms. The number of nitrogens with zero attached hydrogens (tertiary/aromatic N) is 1. The predicted molar refractivity (Wildman–Crippen MR) is 96.3 cm³/mol. The van der Waals surface area contributed by atoms with Gasteiger partial charge in [0.05, 0.1) is 13.2 Å². The van der Waals surface area contributed by atoms with E-state index < -0.39 is 5.56 Å². The molecular formula is C19H21N3O4. The molecule has 2 heterocycles. The Bertz CT molecular complexity index is 860. The van der Waals surface area contributed by atoms with Gasteiger partial charge in [-0.25, -0.2) is 0 Å². The average Bonchev–Trinajstić information content (AvgIpc) is 3.04. The zero-order valence-electron chi connectivity index (χ0n) is 14.7. The summed E-state index contributed by atoms with van der Waals surface area (Å²) in [6.07, 6.45) is 1.49. The van der Waals surface area contributed by atoms with E-state index >= 15 is 0 Å². The highest BCUT2D eigenvalue weighted by molar-refractivity contribution is 5.94. The Morgan fingerprint density at radius 1 is 1.19 bits per heavy atom. The van der Waals surface area contributed by atoms with Crippen LogP contribution in [0.25, 0.3) is 0 Å². The van der Waals surface area contributed by atoms with Crippen LogP contribution in [-0.4, -0.2) is 47.9 Å². The summed E-state index contributed by atoms with van der Waals surface area (Å²) in [7, 11) is 1.60. The molecule has 0 saturated carbocycles. The van der Waals surface area contributed by atoms with E-state index in [0.717, 1.165) is 11.3 Å². The van der Waals surface area contributed by atoms with Crippen LogP contribution in [-0.2, 0) is 4.79 Å². The summed E-state index contributed by atoms with van der Waals surface area (Å²) in [6, 6.07) is 10.5. The van der Waals surface area contributed by atoms with Crippen molar-refractivity contribution in [3.05, 3.63) is 64.1 Å². The lowest BCUT2D eigenvalue weighted by atomic mass is 9.94. The van der Waals surface area contributed by atoms with Crippen LogP contribution in [0, 0.1) is 0 Å². The first kappa shape index (κ1) is 17.7. The molecule has 1 aliphatic rings. The number of carbonyl (C=O) groups is 2. The van der Waals surface area contributed by atoms with Crippen LogP contribution in [0.3, 0.4) is 0 Å². The maximum atomic E-state index is 12.7. The number of nitrogens with one attached hydrogen (secondary N) is 2. The topological polar surface area (TPSA) is 91.5 Å². The molecule has 0 aliphatic carbocycles. The number of likely N-dealkylation sites (tertiary alicyclic amines) is 1. The van der Waals surface area contributed by atoms with Crippen molar-refractivity contribution in [2.75, 3.05) is 20.2 Å². The summed E-state index contributed by atoms with van der Waals surface area (Å²) in [5, 5.41) is 2.92. The van der Waals surface area contributed by atoms with E-state index in [1.165, 1.54) is 19.2 Å². The second-order valence-electron chi connectivity index (χ2n) is 6.31. The Morgan fingerprint density at radius 2 is 1.92 bits per heavy atom. The van der Waals surface area contributed by atoms with Crippen LogP contribution in [0.2, 0.25) is 0 Å². The third-order valence-electron chi connectivity index (χ3n) is 4.59. The molecule has 1 fully saturated rings. The number of aromatic nitrogens is 1. The van der Waals surface area contributed by atoms with Crippen LogP contribution in [0.1, 0.15) is 28.8 Å². The summed E-state index contributed by atoms with van der Waals surface area (Å²) < 4.78 is 5.18. The number of methoxy groups -OCH3 is 1. The molecular weight excluding hydrogens is 334 g/mol. The van der Waals surface area contributed by atoms with Gasteiger partial charge in [0.1, 0.15) is 11.3 Å². The summed E-state index contributed by atoms with van der Waals surface area (Å²) in [6.45, 7) is 2.23. The lowest BCUT2D eigenvalue weighted by Crippen LogP contribution is -2.39. The van der Waals surface area contributed by atoms with Crippen molar-refractivity contribution in [1.29, 1.82) is 0 Å². The Morgan fingerprint density at radius 3 is 2.54 bits per heavy atom. The molecule has 1 aliphatic heterocycles. The highest BCUT2D eigenvalue weighted by Gasteiger charge is 2.37. The van der Waals surface area contributed by atoms with E-state index in [4.69, 9.17) is 4.74 Å². The molecule has 0 unspecified atom stereocenters. The number of aromatic amines is 1. The standard InChI is InChI=1S/C19H21N3O4/c1-12(23)21-17-11-22(19(25)15-4-3-9-20-18(15)24)10-16(17)13-5-7-14(26-2)8-6-13/h3-9,16-17H,10-11H2,1-2H3,(H,20,24)(H,21,23)/t16-,17+/m0/s1. The molecule has 1 saturated heterocycles. The van der Waals surface area contributed by atoms with Gasteiger partial charge in [-0.3, -0.25) is 14.4 Å². The number of amides is 2. The van der Waals surface area contributed by atoms with Crippen molar-refractivity contribution in [3.63, 3.8) is 0 Å². The van der Waals surface area contributed by atoms with Gasteiger partial charge in [0, 0.05) is 32.1 Å². The minimum atomic E-state index is -0.415. The van der Waals surface area contributed by atoms with Crippen LogP contribution in [0.5, 0.6) is 5.75 Å². The zero-order chi connectivity index (χ0) is 18.7. The van der Waals surface area contributed by atoms with Crippen molar-refractivity contribution in [3.8, 4) is 5.75 Å². The zero-order valence-corrected chi connectivity index (χ0v) is 14.7. The number of pyridine rings is 1. The third kappa shape index (κ3) is 3.61. The van der Waals surface area contributed by atoms with Gasteiger partial charge in [-0.2, -0.15) is 0 Å². The van der Waals surface area contributed by atoms with Crippen molar-refractivity contribution in [2.45, 2.75) is 18.9 Å². The van der Waals surface area contributed by atoms with E-state index in [1.54, 1.807) is 18.1 Å². The monoisotopic (exact) mass is 355 g/mol. The fourth-order valence-corrected chi connectivity index (χ4v) is 3.33. The number of benzene rings is 1. The largest absolute Gasteiger partial charge is 0.497 e. The molecule has 7 nitrogen and oxygen atoms in total. The van der Waals surface area contributed by atoms with Crippen molar-refractivity contribution in [2.24, 2.45) is 0 Å². The summed E-state index contributed by atoms with van der Waals surface area (Å²) >= 11 is 0. The number of carbonyl (C=O) groups excluding carboxylic acids is 2. The molecule has 3 rings (SSSR count). The van der Waals surface area contributed by atoms with Gasteiger partial charge in [-0.15, -0.1) is 0 Å². The lowest BCUT2D eigenvalue weighted by molar-refractivity contribution is -0.119. The molecule has 2 atom stereocenters. The molecule has 2 amide bonds. The number of rotatable bonds is 4. The Kier molecular flexibility index (Phi) is 5.06. The molecule has 2 aromatic rings. The van der Waals surface area contributed by atoms with Crippen LogP contribution in [0.15, 0.2) is 47.4 Å². The van der Waals surface area contributed by atoms with Crippen molar-refractivity contribution in [1.82, 2.24) is 15.2 Å². The highest BCUT2D eigenvalue weighted by atomic mass is 16.5. The fraction of sp³-hybridized carbons (Fsp3) is 0.316. The molecule has 26 heavy (non-hydrogen) atoms. The summed E-state index contributed by atoms with van der Waals surface area (Å²) in [4.78, 5) is 40.4. The molecule has 1 aromatic carbocycles. The van der Waals surface area contributed by atoms with Gasteiger partial charge in [0.15, 0.2) is 0 Å². The van der Waals surface area contributed by atoms with E-state index in [2.05, 4.69) is 10.3 Å². The SMILES string of the molecule is COc1ccc([C@@H]2CN(C(=O)c3ccc[nH]c3=O)C[C@H]2NC(C)=O)cc1. The molecule has 136 valence electrons. The third-order valence-corrected chi connectivity index (χ3v) is 4.59. The van der Waals surface area contributed by atoms with E-state index in [9.17, 15) is 14.4 Å². The normalized spacial score (nSPS) is 19.2. The number of hydrogen-bond donors (Lipinski definition) is 2. The molecule has 0 radical (unpaired) electrons. The summed E-state index contributed by atoms with van der Waals surface area (Å²) in [5.74, 6) is 0.196. The summed E-state index contributed by atoms with van der Waals surface area (Å²) in [5.41, 5.74) is 0.688. The van der Waals surface area contributed by atoms with Gasteiger partial charge in [-0.05, 0) is 29.8 Å². The lowest BCUT2D eigenvalue weighted by Gasteiger charge is -2.19. The van der Waals surface area contributed by atoms with Crippen molar-refractivity contribution >= 4 is 11.8 Å². The average molecular weight is 355 g/mol. The Hall–Kier alpha value is -3.09. The van der Waals surface area contributed by atoms with Crippen LogP contribution in [0.4, 0.5) is 0 Å². The fourth-order valence-electron chi connectivity index (χ4n) is 3.33. The number of hydrogen-bond acceptors (Lipinski definition) is 4. The maximum Gasteiger partial charge on any atom is 0.260 e. The second kappa shape index (κ2) is 7.43. The van der Waals surface area contributed by atoms with Gasteiger partial charge in [-0.1, -0.05) is 12.1 Å². The van der Waals surface area contributed by atoms with E-state index in [-0.39, 0.29) is 29.3 Å². The Labute approximate surface area is 151 Å². The van der Waals surface area contributed by atoms with Gasteiger partial charge >= 0.3 is 0 Å². The van der Waals surface area contributed by atoms with Gasteiger partial charge in [0.2, 0.25) is 5.91 Å². The molecule has 0 spiro atoms. The quantitative estimate of drug-likeness (QED) is 0.860. The van der Waals surface area contributed by atoms with Crippen LogP contribution >= 0.6 is 0 Å². The maximum absolute atomic E-state index is 12.7. The number of ether oxygens (including phenoxy) is 1. The van der Waals surface area contributed by atoms with E-state index in [1.807, 2.05) is 24.3 Å². The van der Waals surface area contributed by atoms with Crippen LogP contribution < -0.4 is 15.6 Å². The van der Waals surface area contributed by atoms with E-state index in [0.29, 0.717) is 13.1 Å². The smallest absolute Gasteiger partial charge is 0.260 e. The highest BCUT2D eigenvalue weighted by Crippen LogP contribution is 2.29. The molecule has 0 bridgehead atoms. The molecule has 1 aromatic heterocycles. The predicted octanol–water partition coefficient (Wildman–Crippen LogP) is 1.13. The minimum Gasteiger partial charge on any atom is -0.497 e. The van der Waals surface area contributed by atoms with Gasteiger partial charge in [0.25, 0.3) is 11.5 Å². The molecule has 2 N–H and O–H groups in total. The Balaban J connectivity index is 1.86. The first-order valence-electron chi connectivity index (χ1n) is 8.37. The van der Waals surface area contributed by atoms with Crippen molar-refractivity contribution < 1.29 is 14.3 Å².